The number of halogens is 2. The summed E-state index contributed by atoms with van der Waals surface area (Å²) < 4.78 is 23.9. The molecule has 0 aromatic heterocycles. The number of rotatable bonds is 4. The summed E-state index contributed by atoms with van der Waals surface area (Å²) in [5.41, 5.74) is 5.23. The van der Waals surface area contributed by atoms with Gasteiger partial charge in [0.15, 0.2) is 0 Å². The van der Waals surface area contributed by atoms with E-state index in [1.54, 1.807) is 0 Å². The number of carbonyl (C=O) groups excluding carboxylic acids is 1. The van der Waals surface area contributed by atoms with Crippen molar-refractivity contribution >= 4 is 44.8 Å². The molecule has 0 saturated heterocycles. The fourth-order valence-corrected chi connectivity index (χ4v) is 2.33. The lowest BCUT2D eigenvalue weighted by Gasteiger charge is -2.21. The quantitative estimate of drug-likeness (QED) is 0.908. The van der Waals surface area contributed by atoms with Gasteiger partial charge in [-0.05, 0) is 18.2 Å². The molecule has 1 amide bonds. The topological polar surface area (TPSA) is 80.5 Å². The third kappa shape index (κ3) is 3.76. The van der Waals surface area contributed by atoms with Crippen LogP contribution in [-0.4, -0.2) is 27.1 Å². The van der Waals surface area contributed by atoms with Crippen LogP contribution in [0.2, 0.25) is 10.0 Å². The van der Waals surface area contributed by atoms with E-state index in [-0.39, 0.29) is 10.7 Å². The van der Waals surface area contributed by atoms with Crippen LogP contribution in [0.3, 0.4) is 0 Å². The molecule has 0 unspecified atom stereocenters. The van der Waals surface area contributed by atoms with Crippen LogP contribution in [0.15, 0.2) is 18.2 Å². The number of hydrogen-bond acceptors (Lipinski definition) is 3. The lowest BCUT2D eigenvalue weighted by Crippen LogP contribution is -2.37. The lowest BCUT2D eigenvalue weighted by molar-refractivity contribution is -0.116. The summed E-state index contributed by atoms with van der Waals surface area (Å²) in [6.07, 6.45) is 0.971. The van der Waals surface area contributed by atoms with Gasteiger partial charge in [-0.15, -0.1) is 0 Å². The first-order chi connectivity index (χ1) is 7.71. The number of amides is 1. The summed E-state index contributed by atoms with van der Waals surface area (Å²) in [7, 11) is -3.61. The second-order valence-electron chi connectivity index (χ2n) is 3.33. The van der Waals surface area contributed by atoms with E-state index < -0.39 is 22.5 Å². The molecule has 0 saturated carbocycles. The number of nitrogens with zero attached hydrogens (tertiary/aromatic N) is 1. The van der Waals surface area contributed by atoms with Crippen molar-refractivity contribution in [2.24, 2.45) is 5.73 Å². The Labute approximate surface area is 109 Å². The Morgan fingerprint density at radius 2 is 1.94 bits per heavy atom. The van der Waals surface area contributed by atoms with Crippen molar-refractivity contribution in [1.82, 2.24) is 0 Å². The molecule has 1 rings (SSSR count). The SMILES string of the molecule is CS(=O)(=O)N(CC(N)=O)c1ccc(Cl)c(Cl)c1. The zero-order chi connectivity index (χ0) is 13.2. The molecule has 1 aromatic rings. The molecule has 0 aliphatic rings. The molecule has 94 valence electrons. The van der Waals surface area contributed by atoms with E-state index in [9.17, 15) is 13.2 Å². The highest BCUT2D eigenvalue weighted by molar-refractivity contribution is 7.92. The van der Waals surface area contributed by atoms with Crippen molar-refractivity contribution in [2.45, 2.75) is 0 Å². The molecular formula is C9H10Cl2N2O3S. The highest BCUT2D eigenvalue weighted by Crippen LogP contribution is 2.28. The second kappa shape index (κ2) is 5.12. The van der Waals surface area contributed by atoms with Crippen LogP contribution >= 0.6 is 23.2 Å². The molecule has 0 radical (unpaired) electrons. The van der Waals surface area contributed by atoms with Gasteiger partial charge in [-0.3, -0.25) is 9.10 Å². The maximum absolute atomic E-state index is 11.5. The summed E-state index contributed by atoms with van der Waals surface area (Å²) in [4.78, 5) is 10.8. The molecule has 1 aromatic carbocycles. The lowest BCUT2D eigenvalue weighted by atomic mass is 10.3. The van der Waals surface area contributed by atoms with Crippen LogP contribution in [-0.2, 0) is 14.8 Å². The second-order valence-corrected chi connectivity index (χ2v) is 6.06. The van der Waals surface area contributed by atoms with Crippen LogP contribution < -0.4 is 10.0 Å². The number of benzene rings is 1. The molecule has 0 atom stereocenters. The number of anilines is 1. The largest absolute Gasteiger partial charge is 0.368 e. The van der Waals surface area contributed by atoms with Crippen molar-refractivity contribution in [1.29, 1.82) is 0 Å². The van der Waals surface area contributed by atoms with E-state index in [2.05, 4.69) is 0 Å². The fraction of sp³-hybridized carbons (Fsp3) is 0.222. The van der Waals surface area contributed by atoms with Crippen LogP contribution in [0.5, 0.6) is 0 Å². The van der Waals surface area contributed by atoms with Gasteiger partial charge in [0.2, 0.25) is 15.9 Å². The summed E-state index contributed by atoms with van der Waals surface area (Å²) in [6.45, 7) is -0.448. The van der Waals surface area contributed by atoms with Crippen molar-refractivity contribution in [3.8, 4) is 0 Å². The Morgan fingerprint density at radius 1 is 1.35 bits per heavy atom. The first-order valence-corrected chi connectivity index (χ1v) is 7.03. The van der Waals surface area contributed by atoms with Crippen molar-refractivity contribution < 1.29 is 13.2 Å². The molecule has 0 aliphatic heterocycles. The molecule has 0 spiro atoms. The summed E-state index contributed by atoms with van der Waals surface area (Å²) in [5.74, 6) is -0.763. The smallest absolute Gasteiger partial charge is 0.238 e. The molecule has 5 nitrogen and oxygen atoms in total. The van der Waals surface area contributed by atoms with Crippen molar-refractivity contribution in [3.63, 3.8) is 0 Å². The van der Waals surface area contributed by atoms with Gasteiger partial charge in [-0.1, -0.05) is 23.2 Å². The average Bonchev–Trinajstić information content (AvgIpc) is 2.17. The van der Waals surface area contributed by atoms with Gasteiger partial charge in [0, 0.05) is 0 Å². The predicted octanol–water partition coefficient (Wildman–Crippen LogP) is 1.24. The van der Waals surface area contributed by atoms with E-state index in [0.29, 0.717) is 5.02 Å². The van der Waals surface area contributed by atoms with Gasteiger partial charge in [0.25, 0.3) is 0 Å². The number of primary amides is 1. The van der Waals surface area contributed by atoms with E-state index in [0.717, 1.165) is 10.6 Å². The van der Waals surface area contributed by atoms with E-state index >= 15 is 0 Å². The van der Waals surface area contributed by atoms with Crippen LogP contribution in [0, 0.1) is 0 Å². The predicted molar refractivity (Wildman–Crippen MR) is 67.8 cm³/mol. The fourth-order valence-electron chi connectivity index (χ4n) is 1.18. The number of carbonyl (C=O) groups is 1. The van der Waals surface area contributed by atoms with Gasteiger partial charge in [0.1, 0.15) is 6.54 Å². The molecule has 0 aliphatic carbocycles. The van der Waals surface area contributed by atoms with Crippen LogP contribution in [0.1, 0.15) is 0 Å². The molecule has 0 bridgehead atoms. The standard InChI is InChI=1S/C9H10Cl2N2O3S/c1-17(15,16)13(5-9(12)14)6-2-3-7(10)8(11)4-6/h2-4H,5H2,1H3,(H2,12,14). The Hall–Kier alpha value is -0.980. The Morgan fingerprint density at radius 3 is 2.35 bits per heavy atom. The third-order valence-electron chi connectivity index (χ3n) is 1.89. The van der Waals surface area contributed by atoms with Crippen molar-refractivity contribution in [3.05, 3.63) is 28.2 Å². The Kier molecular flexibility index (Phi) is 4.24. The number of nitrogens with two attached hydrogens (primary N) is 1. The van der Waals surface area contributed by atoms with Gasteiger partial charge >= 0.3 is 0 Å². The average molecular weight is 297 g/mol. The van der Waals surface area contributed by atoms with E-state index in [1.807, 2.05) is 0 Å². The first-order valence-electron chi connectivity index (χ1n) is 4.43. The first kappa shape index (κ1) is 14.1. The van der Waals surface area contributed by atoms with E-state index in [4.69, 9.17) is 28.9 Å². The monoisotopic (exact) mass is 296 g/mol. The summed E-state index contributed by atoms with van der Waals surface area (Å²) >= 11 is 11.5. The van der Waals surface area contributed by atoms with Crippen LogP contribution in [0.4, 0.5) is 5.69 Å². The maximum atomic E-state index is 11.5. The van der Waals surface area contributed by atoms with Crippen molar-refractivity contribution in [2.75, 3.05) is 17.1 Å². The van der Waals surface area contributed by atoms with E-state index in [1.165, 1.54) is 18.2 Å². The molecule has 2 N–H and O–H groups in total. The minimum absolute atomic E-state index is 0.197. The minimum atomic E-state index is -3.61. The van der Waals surface area contributed by atoms with Crippen LogP contribution in [0.25, 0.3) is 0 Å². The maximum Gasteiger partial charge on any atom is 0.238 e. The van der Waals surface area contributed by atoms with Gasteiger partial charge in [0.05, 0.1) is 22.0 Å². The van der Waals surface area contributed by atoms with Gasteiger partial charge < -0.3 is 5.73 Å². The molecule has 17 heavy (non-hydrogen) atoms. The minimum Gasteiger partial charge on any atom is -0.368 e. The normalized spacial score (nSPS) is 11.2. The summed E-state index contributed by atoms with van der Waals surface area (Å²) in [5, 5.41) is 0.491. The van der Waals surface area contributed by atoms with Gasteiger partial charge in [-0.25, -0.2) is 8.42 Å². The zero-order valence-corrected chi connectivity index (χ0v) is 11.2. The Bertz CT molecular complexity index is 545. The molecule has 8 heteroatoms. The Balaban J connectivity index is 3.22. The highest BCUT2D eigenvalue weighted by Gasteiger charge is 2.20. The molecule has 0 fully saturated rings. The highest BCUT2D eigenvalue weighted by atomic mass is 35.5. The third-order valence-corrected chi connectivity index (χ3v) is 3.77. The molecule has 0 heterocycles. The number of hydrogen-bond donors (Lipinski definition) is 1. The summed E-state index contributed by atoms with van der Waals surface area (Å²) in [6, 6.07) is 4.24. The zero-order valence-electron chi connectivity index (χ0n) is 8.85. The number of sulfonamides is 1. The van der Waals surface area contributed by atoms with Gasteiger partial charge in [-0.2, -0.15) is 0 Å². The molecular weight excluding hydrogens is 287 g/mol.